The van der Waals surface area contributed by atoms with E-state index in [1.54, 1.807) is 37.3 Å². The van der Waals surface area contributed by atoms with Gasteiger partial charge in [-0.25, -0.2) is 10.2 Å². The molecule has 0 saturated heterocycles. The van der Waals surface area contributed by atoms with Crippen molar-refractivity contribution in [2.75, 3.05) is 25.6 Å². The first-order valence-corrected chi connectivity index (χ1v) is 9.56. The molecule has 0 radical (unpaired) electrons. The lowest BCUT2D eigenvalue weighted by Gasteiger charge is -2.10. The van der Waals surface area contributed by atoms with Crippen LogP contribution in [0.2, 0.25) is 0 Å². The molecule has 9 nitrogen and oxygen atoms in total. The topological polar surface area (TPSA) is 115 Å². The maximum Gasteiger partial charge on any atom is 0.344 e. The Hall–Kier alpha value is -3.88. The summed E-state index contributed by atoms with van der Waals surface area (Å²) in [5.74, 6) is -0.727. The minimum Gasteiger partial charge on any atom is -0.493 e. The number of anilines is 1. The lowest BCUT2D eigenvalue weighted by molar-refractivity contribution is -0.145. The highest BCUT2D eigenvalue weighted by Gasteiger charge is 2.10. The molecular formula is C22H25N3O6. The highest BCUT2D eigenvalue weighted by molar-refractivity contribution is 6.03. The van der Waals surface area contributed by atoms with Gasteiger partial charge in [-0.2, -0.15) is 5.10 Å². The van der Waals surface area contributed by atoms with E-state index in [-0.39, 0.29) is 19.6 Å². The summed E-state index contributed by atoms with van der Waals surface area (Å²) in [5.41, 5.74) is 4.60. The molecule has 2 N–H and O–H groups in total. The number of carbonyl (C=O) groups excluding carboxylic acids is 3. The number of benzene rings is 2. The number of carbonyl (C=O) groups is 3. The van der Waals surface area contributed by atoms with E-state index in [0.717, 1.165) is 5.56 Å². The van der Waals surface area contributed by atoms with Gasteiger partial charge in [0.1, 0.15) is 6.42 Å². The number of rotatable bonds is 10. The number of hydrogen-bond donors (Lipinski definition) is 2. The zero-order valence-electron chi connectivity index (χ0n) is 17.6. The van der Waals surface area contributed by atoms with E-state index in [2.05, 4.69) is 15.8 Å². The second-order valence-corrected chi connectivity index (χ2v) is 6.39. The quantitative estimate of drug-likeness (QED) is 0.260. The third-order valence-electron chi connectivity index (χ3n) is 3.90. The summed E-state index contributed by atoms with van der Waals surface area (Å²) in [4.78, 5) is 35.2. The molecule has 0 atom stereocenters. The van der Waals surface area contributed by atoms with E-state index in [0.29, 0.717) is 22.7 Å². The summed E-state index contributed by atoms with van der Waals surface area (Å²) in [6.07, 6.45) is 1.03. The van der Waals surface area contributed by atoms with Crippen molar-refractivity contribution in [2.45, 2.75) is 20.3 Å². The van der Waals surface area contributed by atoms with E-state index in [9.17, 15) is 14.4 Å². The van der Waals surface area contributed by atoms with Crippen molar-refractivity contribution in [3.05, 3.63) is 53.6 Å². The van der Waals surface area contributed by atoms with E-state index < -0.39 is 17.8 Å². The number of esters is 1. The molecule has 0 spiro atoms. The normalized spacial score (nSPS) is 10.4. The van der Waals surface area contributed by atoms with Crippen LogP contribution in [-0.2, 0) is 19.1 Å². The summed E-state index contributed by atoms with van der Waals surface area (Å²) in [6, 6.07) is 12.1. The number of amides is 2. The predicted molar refractivity (Wildman–Crippen MR) is 115 cm³/mol. The average Bonchev–Trinajstić information content (AvgIpc) is 2.74. The zero-order valence-corrected chi connectivity index (χ0v) is 17.6. The van der Waals surface area contributed by atoms with Gasteiger partial charge in [0.15, 0.2) is 18.1 Å². The Kier molecular flexibility index (Phi) is 9.03. The van der Waals surface area contributed by atoms with E-state index in [1.807, 2.05) is 19.1 Å². The number of nitrogens with one attached hydrogen (secondary N) is 2. The molecule has 0 aliphatic carbocycles. The molecule has 9 heteroatoms. The Labute approximate surface area is 180 Å². The summed E-state index contributed by atoms with van der Waals surface area (Å²) in [6.45, 7) is 3.69. The SMILES string of the molecule is CCOC(=O)COc1ccc(C=NNC(=O)CC(=O)Nc2ccc(C)cc2)cc1OC. The number of nitrogens with zero attached hydrogens (tertiary/aromatic N) is 1. The third-order valence-corrected chi connectivity index (χ3v) is 3.90. The van der Waals surface area contributed by atoms with Crippen LogP contribution in [0, 0.1) is 6.92 Å². The number of hydrogen-bond acceptors (Lipinski definition) is 7. The molecule has 0 aliphatic heterocycles. The Bertz CT molecular complexity index is 941. The maximum atomic E-state index is 11.9. The molecule has 0 heterocycles. The second-order valence-electron chi connectivity index (χ2n) is 6.39. The summed E-state index contributed by atoms with van der Waals surface area (Å²) in [5, 5.41) is 6.48. The highest BCUT2D eigenvalue weighted by atomic mass is 16.6. The van der Waals surface area contributed by atoms with Crippen LogP contribution in [0.4, 0.5) is 5.69 Å². The first-order valence-electron chi connectivity index (χ1n) is 9.56. The largest absolute Gasteiger partial charge is 0.493 e. The number of ether oxygens (including phenoxy) is 3. The van der Waals surface area contributed by atoms with Gasteiger partial charge >= 0.3 is 5.97 Å². The Morgan fingerprint density at radius 1 is 1.03 bits per heavy atom. The highest BCUT2D eigenvalue weighted by Crippen LogP contribution is 2.27. The summed E-state index contributed by atoms with van der Waals surface area (Å²) >= 11 is 0. The van der Waals surface area contributed by atoms with Gasteiger partial charge in [0.25, 0.3) is 0 Å². The van der Waals surface area contributed by atoms with Gasteiger partial charge in [-0.1, -0.05) is 17.7 Å². The fourth-order valence-corrected chi connectivity index (χ4v) is 2.43. The third kappa shape index (κ3) is 8.17. The van der Waals surface area contributed by atoms with Crippen LogP contribution >= 0.6 is 0 Å². The van der Waals surface area contributed by atoms with Gasteiger partial charge in [0, 0.05) is 5.69 Å². The van der Waals surface area contributed by atoms with Crippen molar-refractivity contribution in [1.82, 2.24) is 5.43 Å². The van der Waals surface area contributed by atoms with Crippen LogP contribution in [0.3, 0.4) is 0 Å². The lowest BCUT2D eigenvalue weighted by atomic mass is 10.2. The molecule has 0 unspecified atom stereocenters. The van der Waals surface area contributed by atoms with Gasteiger partial charge in [0.05, 0.1) is 19.9 Å². The van der Waals surface area contributed by atoms with Gasteiger partial charge in [0.2, 0.25) is 11.8 Å². The lowest BCUT2D eigenvalue weighted by Crippen LogP contribution is -2.24. The Morgan fingerprint density at radius 3 is 2.45 bits per heavy atom. The molecule has 2 amide bonds. The molecule has 2 rings (SSSR count). The van der Waals surface area contributed by atoms with Crippen LogP contribution in [0.1, 0.15) is 24.5 Å². The van der Waals surface area contributed by atoms with Gasteiger partial charge in [-0.3, -0.25) is 9.59 Å². The number of aryl methyl sites for hydroxylation is 1. The zero-order chi connectivity index (χ0) is 22.6. The molecule has 2 aromatic carbocycles. The number of methoxy groups -OCH3 is 1. The molecule has 0 fully saturated rings. The summed E-state index contributed by atoms with van der Waals surface area (Å²) < 4.78 is 15.4. The predicted octanol–water partition coefficient (Wildman–Crippen LogP) is 2.42. The fourth-order valence-electron chi connectivity index (χ4n) is 2.43. The van der Waals surface area contributed by atoms with E-state index in [4.69, 9.17) is 14.2 Å². The van der Waals surface area contributed by atoms with Crippen molar-refractivity contribution < 1.29 is 28.6 Å². The molecular weight excluding hydrogens is 402 g/mol. The number of hydrazone groups is 1. The summed E-state index contributed by atoms with van der Waals surface area (Å²) in [7, 11) is 1.46. The molecule has 0 bridgehead atoms. The average molecular weight is 427 g/mol. The van der Waals surface area contributed by atoms with Crippen molar-refractivity contribution in [3.8, 4) is 11.5 Å². The van der Waals surface area contributed by atoms with E-state index >= 15 is 0 Å². The van der Waals surface area contributed by atoms with Crippen molar-refractivity contribution in [1.29, 1.82) is 0 Å². The van der Waals surface area contributed by atoms with Gasteiger partial charge in [-0.05, 0) is 49.7 Å². The fraction of sp³-hybridized carbons (Fsp3) is 0.273. The molecule has 0 aliphatic rings. The molecule has 164 valence electrons. The first-order chi connectivity index (χ1) is 14.9. The van der Waals surface area contributed by atoms with Crippen molar-refractivity contribution >= 4 is 29.7 Å². The standard InChI is InChI=1S/C22H25N3O6/c1-4-30-22(28)14-31-18-10-7-16(11-19(18)29-3)13-23-25-21(27)12-20(26)24-17-8-5-15(2)6-9-17/h5-11,13H,4,12,14H2,1-3H3,(H,24,26)(H,25,27). The van der Waals surface area contributed by atoms with Crippen molar-refractivity contribution in [3.63, 3.8) is 0 Å². The Morgan fingerprint density at radius 2 is 1.77 bits per heavy atom. The van der Waals surface area contributed by atoms with E-state index in [1.165, 1.54) is 13.3 Å². The molecule has 0 aromatic heterocycles. The Balaban J connectivity index is 1.85. The molecule has 31 heavy (non-hydrogen) atoms. The van der Waals surface area contributed by atoms with Crippen LogP contribution in [0.25, 0.3) is 0 Å². The van der Waals surface area contributed by atoms with Crippen LogP contribution in [0.15, 0.2) is 47.6 Å². The van der Waals surface area contributed by atoms with Gasteiger partial charge < -0.3 is 19.5 Å². The smallest absolute Gasteiger partial charge is 0.344 e. The van der Waals surface area contributed by atoms with Gasteiger partial charge in [-0.15, -0.1) is 0 Å². The minimum atomic E-state index is -0.554. The molecule has 0 saturated carbocycles. The minimum absolute atomic E-state index is 0.238. The van der Waals surface area contributed by atoms with Crippen LogP contribution in [0.5, 0.6) is 11.5 Å². The maximum absolute atomic E-state index is 11.9. The second kappa shape index (κ2) is 12.0. The monoisotopic (exact) mass is 427 g/mol. The van der Waals surface area contributed by atoms with Crippen LogP contribution < -0.4 is 20.2 Å². The van der Waals surface area contributed by atoms with Crippen LogP contribution in [-0.4, -0.2) is 44.3 Å². The van der Waals surface area contributed by atoms with Crippen molar-refractivity contribution in [2.24, 2.45) is 5.10 Å². The molecule has 2 aromatic rings. The first kappa shape index (κ1) is 23.4.